The molecule has 0 radical (unpaired) electrons. The summed E-state index contributed by atoms with van der Waals surface area (Å²) in [6, 6.07) is 10.1. The van der Waals surface area contributed by atoms with Crippen LogP contribution in [0.1, 0.15) is 43.5 Å². The number of hydrogen-bond acceptors (Lipinski definition) is 7. The number of para-hydroxylation sites is 1. The van der Waals surface area contributed by atoms with Crippen LogP contribution in [0.5, 0.6) is 0 Å². The van der Waals surface area contributed by atoms with Gasteiger partial charge in [-0.2, -0.15) is 10.2 Å². The molecule has 6 rings (SSSR count). The lowest BCUT2D eigenvalue weighted by Crippen LogP contribution is -2.17. The Morgan fingerprint density at radius 1 is 1.05 bits per heavy atom. The minimum Gasteiger partial charge on any atom is -0.365 e. The summed E-state index contributed by atoms with van der Waals surface area (Å²) in [7, 11) is 3.53. The number of nitrogens with one attached hydrogen (secondary N) is 1. The fourth-order valence-corrected chi connectivity index (χ4v) is 6.04. The first-order valence-electron chi connectivity index (χ1n) is 12.8. The van der Waals surface area contributed by atoms with Gasteiger partial charge in [0, 0.05) is 47.9 Å². The van der Waals surface area contributed by atoms with Crippen LogP contribution in [0.4, 0.5) is 14.5 Å². The smallest absolute Gasteiger partial charge is 0.280 e. The van der Waals surface area contributed by atoms with Crippen molar-refractivity contribution in [3.05, 3.63) is 76.3 Å². The molecule has 212 valence electrons. The van der Waals surface area contributed by atoms with Gasteiger partial charge in [0.15, 0.2) is 0 Å². The number of aromatic nitrogens is 6. The number of carbonyl (C=O) groups is 2. The van der Waals surface area contributed by atoms with Crippen LogP contribution >= 0.6 is 11.3 Å². The summed E-state index contributed by atoms with van der Waals surface area (Å²) in [5.41, 5.74) is 9.90. The Labute approximate surface area is 241 Å². The molecule has 0 saturated carbocycles. The molecule has 0 bridgehead atoms. The lowest BCUT2D eigenvalue weighted by Gasteiger charge is -2.13. The van der Waals surface area contributed by atoms with Crippen molar-refractivity contribution in [2.75, 3.05) is 5.32 Å². The number of benzene rings is 1. The van der Waals surface area contributed by atoms with E-state index in [9.17, 15) is 18.4 Å². The first-order valence-corrected chi connectivity index (χ1v) is 13.6. The van der Waals surface area contributed by atoms with Crippen LogP contribution in [0.25, 0.3) is 43.5 Å². The molecule has 5 heterocycles. The summed E-state index contributed by atoms with van der Waals surface area (Å²) in [5, 5.41) is 12.4. The highest BCUT2D eigenvalue weighted by Crippen LogP contribution is 2.43. The van der Waals surface area contributed by atoms with Crippen molar-refractivity contribution < 1.29 is 18.4 Å². The zero-order valence-corrected chi connectivity index (χ0v) is 23.8. The van der Waals surface area contributed by atoms with Crippen LogP contribution in [0.15, 0.2) is 48.8 Å². The van der Waals surface area contributed by atoms with Gasteiger partial charge in [0.1, 0.15) is 15.4 Å². The number of thiophene rings is 1. The van der Waals surface area contributed by atoms with Crippen molar-refractivity contribution in [2.45, 2.75) is 20.3 Å². The number of amides is 2. The third kappa shape index (κ3) is 4.47. The van der Waals surface area contributed by atoms with Gasteiger partial charge in [0.25, 0.3) is 18.2 Å². The number of pyridine rings is 2. The van der Waals surface area contributed by atoms with Crippen molar-refractivity contribution >= 4 is 50.0 Å². The van der Waals surface area contributed by atoms with Gasteiger partial charge in [-0.1, -0.05) is 18.2 Å². The van der Waals surface area contributed by atoms with E-state index in [4.69, 9.17) is 10.7 Å². The van der Waals surface area contributed by atoms with Gasteiger partial charge >= 0.3 is 0 Å². The molecule has 0 unspecified atom stereocenters. The van der Waals surface area contributed by atoms with E-state index in [-0.39, 0.29) is 15.4 Å². The zero-order valence-electron chi connectivity index (χ0n) is 22.9. The molecular weight excluding hydrogens is 562 g/mol. The third-order valence-electron chi connectivity index (χ3n) is 7.14. The molecule has 1 aromatic carbocycles. The van der Waals surface area contributed by atoms with Gasteiger partial charge in [-0.15, -0.1) is 11.3 Å². The molecule has 0 saturated heterocycles. The Morgan fingerprint density at radius 3 is 2.45 bits per heavy atom. The highest BCUT2D eigenvalue weighted by molar-refractivity contribution is 7.21. The van der Waals surface area contributed by atoms with E-state index in [1.807, 2.05) is 19.2 Å². The molecule has 0 spiro atoms. The minimum atomic E-state index is -2.86. The molecule has 6 aromatic rings. The van der Waals surface area contributed by atoms with Gasteiger partial charge in [-0.25, -0.2) is 18.7 Å². The highest BCUT2D eigenvalue weighted by atomic mass is 32.1. The maximum absolute atomic E-state index is 14.0. The van der Waals surface area contributed by atoms with E-state index in [0.717, 1.165) is 22.6 Å². The van der Waals surface area contributed by atoms with E-state index in [0.29, 0.717) is 44.4 Å². The summed E-state index contributed by atoms with van der Waals surface area (Å²) < 4.78 is 31.1. The van der Waals surface area contributed by atoms with Gasteiger partial charge in [-0.3, -0.25) is 19.0 Å². The number of halogens is 2. The Bertz CT molecular complexity index is 2060. The number of nitrogens with two attached hydrogens (primary N) is 1. The molecule has 5 aromatic heterocycles. The Kier molecular flexibility index (Phi) is 6.53. The summed E-state index contributed by atoms with van der Waals surface area (Å²) in [6.45, 7) is 3.65. The average molecular weight is 587 g/mol. The maximum atomic E-state index is 14.0. The number of alkyl halides is 2. The summed E-state index contributed by atoms with van der Waals surface area (Å²) in [4.78, 5) is 35.7. The molecule has 0 aliphatic carbocycles. The molecule has 0 aliphatic rings. The molecule has 3 N–H and O–H groups in total. The second-order valence-electron chi connectivity index (χ2n) is 9.84. The summed E-state index contributed by atoms with van der Waals surface area (Å²) in [6.07, 6.45) is 0.506. The number of rotatable bonds is 6. The first-order chi connectivity index (χ1) is 20.0. The number of anilines is 1. The number of fused-ring (bicyclic) bond motifs is 2. The maximum Gasteiger partial charge on any atom is 0.280 e. The summed E-state index contributed by atoms with van der Waals surface area (Å²) >= 11 is 0.846. The van der Waals surface area contributed by atoms with E-state index >= 15 is 0 Å². The van der Waals surface area contributed by atoms with Crippen LogP contribution in [0.2, 0.25) is 0 Å². The molecule has 42 heavy (non-hydrogen) atoms. The van der Waals surface area contributed by atoms with Gasteiger partial charge in [-0.05, 0) is 37.6 Å². The van der Waals surface area contributed by atoms with E-state index in [2.05, 4.69) is 20.5 Å². The first kappa shape index (κ1) is 27.1. The van der Waals surface area contributed by atoms with E-state index < -0.39 is 23.9 Å². The minimum absolute atomic E-state index is 0.0123. The normalized spacial score (nSPS) is 11.6. The van der Waals surface area contributed by atoms with E-state index in [1.54, 1.807) is 60.8 Å². The second-order valence-corrected chi connectivity index (χ2v) is 10.8. The number of primary amides is 1. The molecule has 13 heteroatoms. The molecule has 0 atom stereocenters. The van der Waals surface area contributed by atoms with Crippen LogP contribution in [-0.4, -0.2) is 41.3 Å². The monoisotopic (exact) mass is 586 g/mol. The van der Waals surface area contributed by atoms with Gasteiger partial charge in [0.05, 0.1) is 34.4 Å². The Hall–Kier alpha value is -5.04. The largest absolute Gasteiger partial charge is 0.365 e. The van der Waals surface area contributed by atoms with Crippen molar-refractivity contribution in [2.24, 2.45) is 19.8 Å². The highest BCUT2D eigenvalue weighted by Gasteiger charge is 2.27. The molecular formula is C29H24F2N8O2S. The van der Waals surface area contributed by atoms with E-state index in [1.165, 1.54) is 6.07 Å². The zero-order chi connectivity index (χ0) is 29.9. The fraction of sp³-hybridized carbons (Fsp3) is 0.172. The lowest BCUT2D eigenvalue weighted by molar-refractivity contribution is 0.100. The number of aryl methyl sites for hydroxylation is 3. The van der Waals surface area contributed by atoms with Crippen molar-refractivity contribution in [1.82, 2.24) is 29.5 Å². The molecule has 0 aliphatic heterocycles. The van der Waals surface area contributed by atoms with Crippen LogP contribution in [0, 0.1) is 13.8 Å². The predicted octanol–water partition coefficient (Wildman–Crippen LogP) is 5.55. The van der Waals surface area contributed by atoms with Crippen molar-refractivity contribution in [1.29, 1.82) is 0 Å². The van der Waals surface area contributed by atoms with Crippen molar-refractivity contribution in [3.8, 4) is 22.4 Å². The number of hydrogen-bond donors (Lipinski definition) is 2. The van der Waals surface area contributed by atoms with Crippen LogP contribution in [-0.2, 0) is 14.1 Å². The number of carbonyl (C=O) groups excluding carboxylic acids is 2. The summed E-state index contributed by atoms with van der Waals surface area (Å²) in [5.74, 6) is -1.36. The van der Waals surface area contributed by atoms with Gasteiger partial charge < -0.3 is 11.1 Å². The van der Waals surface area contributed by atoms with Crippen molar-refractivity contribution in [3.63, 3.8) is 0 Å². The lowest BCUT2D eigenvalue weighted by atomic mass is 10.0. The standard InChI is InChI=1S/C29H24F2N8O2S/c1-13-19(12-38(3)37-13)21-10-17(15-7-5-6-8-20(15)34-21)28(41)36-24-23-16(18-11-33-39(4)14(18)2)9-22(26(30)31)35-29(23)42-25(24)27(32)40/h5-12,26H,1-4H3,(H2,32,40)(H,36,41). The topological polar surface area (TPSA) is 134 Å². The van der Waals surface area contributed by atoms with Crippen LogP contribution < -0.4 is 11.1 Å². The Balaban J connectivity index is 1.57. The SMILES string of the molecule is Cc1nn(C)cc1-c1cc(C(=O)Nc2c(C(N)=O)sc3nc(C(F)F)cc(-c4cnn(C)c4C)c23)c2ccccc2n1. The quantitative estimate of drug-likeness (QED) is 0.263. The Morgan fingerprint density at radius 2 is 1.81 bits per heavy atom. The number of nitrogens with zero attached hydrogens (tertiary/aromatic N) is 6. The van der Waals surface area contributed by atoms with Crippen LogP contribution in [0.3, 0.4) is 0 Å². The fourth-order valence-electron chi connectivity index (χ4n) is 5.03. The molecule has 10 nitrogen and oxygen atoms in total. The predicted molar refractivity (Wildman–Crippen MR) is 157 cm³/mol. The van der Waals surface area contributed by atoms with Gasteiger partial charge in [0.2, 0.25) is 0 Å². The molecule has 2 amide bonds. The molecule has 0 fully saturated rings. The third-order valence-corrected chi connectivity index (χ3v) is 8.24. The average Bonchev–Trinajstić information content (AvgIpc) is 3.61. The second kappa shape index (κ2) is 10.1.